The van der Waals surface area contributed by atoms with Crippen LogP contribution in [0, 0.1) is 0 Å². The topological polar surface area (TPSA) is 73.8 Å². The molecule has 146 valence electrons. The number of nitrogens with zero attached hydrogens (tertiary/aromatic N) is 2. The molecule has 2 atom stereocenters. The highest BCUT2D eigenvalue weighted by atomic mass is 16.2. The standard InChI is InChI=1S/C22H26N4O2/c1-3-14-23-21(27)16(2)24-22(28)19-15-20(17-10-6-4-7-11-17)26(25-19)18-12-8-5-9-13-18/h4-13,16,20H,3,14-15H2,1-2H3,(H,23,27)(H,24,28)/t16-,20-/m0/s1. The van der Waals surface area contributed by atoms with Crippen LogP contribution in [-0.2, 0) is 9.59 Å². The number of hydrazone groups is 1. The molecule has 6 heteroatoms. The number of amides is 2. The Morgan fingerprint density at radius 3 is 2.39 bits per heavy atom. The molecule has 0 aromatic heterocycles. The molecule has 2 aromatic carbocycles. The second kappa shape index (κ2) is 9.17. The number of hydrogen-bond acceptors (Lipinski definition) is 4. The molecule has 0 radical (unpaired) electrons. The van der Waals surface area contributed by atoms with E-state index in [-0.39, 0.29) is 17.9 Å². The van der Waals surface area contributed by atoms with Gasteiger partial charge in [-0.15, -0.1) is 0 Å². The van der Waals surface area contributed by atoms with Crippen molar-refractivity contribution >= 4 is 23.2 Å². The molecule has 2 N–H and O–H groups in total. The summed E-state index contributed by atoms with van der Waals surface area (Å²) in [6.45, 7) is 4.26. The monoisotopic (exact) mass is 378 g/mol. The Balaban J connectivity index is 1.78. The summed E-state index contributed by atoms with van der Waals surface area (Å²) in [4.78, 5) is 24.8. The summed E-state index contributed by atoms with van der Waals surface area (Å²) in [5.74, 6) is -0.494. The van der Waals surface area contributed by atoms with Gasteiger partial charge in [0, 0.05) is 13.0 Å². The summed E-state index contributed by atoms with van der Waals surface area (Å²) in [6.07, 6.45) is 1.33. The lowest BCUT2D eigenvalue weighted by atomic mass is 10.0. The summed E-state index contributed by atoms with van der Waals surface area (Å²) >= 11 is 0. The Hall–Kier alpha value is -3.15. The third-order valence-electron chi connectivity index (χ3n) is 4.67. The highest BCUT2D eigenvalue weighted by Gasteiger charge is 2.33. The van der Waals surface area contributed by atoms with Crippen LogP contribution in [0.25, 0.3) is 0 Å². The number of para-hydroxylation sites is 1. The predicted octanol–water partition coefficient (Wildman–Crippen LogP) is 3.02. The zero-order valence-electron chi connectivity index (χ0n) is 16.3. The zero-order valence-corrected chi connectivity index (χ0v) is 16.3. The van der Waals surface area contributed by atoms with Crippen LogP contribution in [0.5, 0.6) is 0 Å². The second-order valence-corrected chi connectivity index (χ2v) is 6.84. The van der Waals surface area contributed by atoms with Gasteiger partial charge in [0.05, 0.1) is 11.7 Å². The lowest BCUT2D eigenvalue weighted by Crippen LogP contribution is -2.47. The van der Waals surface area contributed by atoms with Gasteiger partial charge in [-0.2, -0.15) is 5.10 Å². The lowest BCUT2D eigenvalue weighted by molar-refractivity contribution is -0.126. The maximum Gasteiger partial charge on any atom is 0.268 e. The number of rotatable bonds is 7. The minimum Gasteiger partial charge on any atom is -0.354 e. The van der Waals surface area contributed by atoms with Gasteiger partial charge < -0.3 is 10.6 Å². The summed E-state index contributed by atoms with van der Waals surface area (Å²) in [5, 5.41) is 12.0. The van der Waals surface area contributed by atoms with E-state index in [0.29, 0.717) is 18.7 Å². The molecule has 1 aliphatic heterocycles. The predicted molar refractivity (Wildman–Crippen MR) is 111 cm³/mol. The molecule has 0 aliphatic carbocycles. The van der Waals surface area contributed by atoms with Gasteiger partial charge in [-0.05, 0) is 31.0 Å². The van der Waals surface area contributed by atoms with E-state index in [0.717, 1.165) is 17.7 Å². The highest BCUT2D eigenvalue weighted by Crippen LogP contribution is 2.34. The van der Waals surface area contributed by atoms with Gasteiger partial charge in [0.25, 0.3) is 5.91 Å². The normalized spacial score (nSPS) is 17.0. The summed E-state index contributed by atoms with van der Waals surface area (Å²) < 4.78 is 0. The first kappa shape index (κ1) is 19.6. The molecule has 0 saturated carbocycles. The molecule has 3 rings (SSSR count). The minimum atomic E-state index is -0.609. The van der Waals surface area contributed by atoms with E-state index in [1.165, 1.54) is 0 Å². The Bertz CT molecular complexity index is 836. The molecule has 1 heterocycles. The third kappa shape index (κ3) is 4.57. The van der Waals surface area contributed by atoms with Crippen molar-refractivity contribution in [1.82, 2.24) is 10.6 Å². The molecule has 28 heavy (non-hydrogen) atoms. The van der Waals surface area contributed by atoms with Gasteiger partial charge in [0.2, 0.25) is 5.91 Å². The van der Waals surface area contributed by atoms with Crippen molar-refractivity contribution in [3.05, 3.63) is 66.2 Å². The summed E-state index contributed by atoms with van der Waals surface area (Å²) in [7, 11) is 0. The largest absolute Gasteiger partial charge is 0.354 e. The van der Waals surface area contributed by atoms with Crippen LogP contribution in [0.15, 0.2) is 65.8 Å². The Labute approximate surface area is 165 Å². The van der Waals surface area contributed by atoms with Gasteiger partial charge in [0.1, 0.15) is 11.8 Å². The van der Waals surface area contributed by atoms with E-state index in [1.807, 2.05) is 72.6 Å². The Kier molecular flexibility index (Phi) is 6.42. The lowest BCUT2D eigenvalue weighted by Gasteiger charge is -2.23. The fourth-order valence-corrected chi connectivity index (χ4v) is 3.15. The van der Waals surface area contributed by atoms with Crippen LogP contribution >= 0.6 is 0 Å². The van der Waals surface area contributed by atoms with Crippen molar-refractivity contribution in [2.75, 3.05) is 11.6 Å². The molecule has 1 aliphatic rings. The van der Waals surface area contributed by atoms with Gasteiger partial charge in [0.15, 0.2) is 0 Å². The summed E-state index contributed by atoms with van der Waals surface area (Å²) in [5.41, 5.74) is 2.44. The molecule has 0 saturated heterocycles. The molecule has 2 amide bonds. The van der Waals surface area contributed by atoms with Gasteiger partial charge in [-0.1, -0.05) is 55.5 Å². The second-order valence-electron chi connectivity index (χ2n) is 6.84. The van der Waals surface area contributed by atoms with Crippen molar-refractivity contribution in [2.45, 2.75) is 38.8 Å². The Morgan fingerprint density at radius 2 is 1.75 bits per heavy atom. The number of carbonyl (C=O) groups excluding carboxylic acids is 2. The van der Waals surface area contributed by atoms with Gasteiger partial charge >= 0.3 is 0 Å². The first-order valence-electron chi connectivity index (χ1n) is 9.65. The van der Waals surface area contributed by atoms with E-state index < -0.39 is 6.04 Å². The van der Waals surface area contributed by atoms with Crippen LogP contribution in [0.4, 0.5) is 5.69 Å². The molecular formula is C22H26N4O2. The molecule has 0 unspecified atom stereocenters. The van der Waals surface area contributed by atoms with Gasteiger partial charge in [-0.25, -0.2) is 0 Å². The maximum absolute atomic E-state index is 12.7. The third-order valence-corrected chi connectivity index (χ3v) is 4.67. The van der Waals surface area contributed by atoms with Crippen LogP contribution in [0.2, 0.25) is 0 Å². The molecular weight excluding hydrogens is 352 g/mol. The molecule has 0 bridgehead atoms. The van der Waals surface area contributed by atoms with E-state index in [4.69, 9.17) is 0 Å². The average molecular weight is 378 g/mol. The number of hydrogen-bond donors (Lipinski definition) is 2. The first-order valence-corrected chi connectivity index (χ1v) is 9.65. The Morgan fingerprint density at radius 1 is 1.11 bits per heavy atom. The average Bonchev–Trinajstić information content (AvgIpc) is 3.19. The fraction of sp³-hybridized carbons (Fsp3) is 0.318. The van der Waals surface area contributed by atoms with Crippen molar-refractivity contribution in [3.8, 4) is 0 Å². The molecule has 6 nitrogen and oxygen atoms in total. The number of carbonyl (C=O) groups is 2. The minimum absolute atomic E-state index is 0.0615. The van der Waals surface area contributed by atoms with Crippen molar-refractivity contribution in [2.24, 2.45) is 5.10 Å². The molecule has 0 fully saturated rings. The van der Waals surface area contributed by atoms with E-state index in [2.05, 4.69) is 15.7 Å². The number of anilines is 1. The number of nitrogens with one attached hydrogen (secondary N) is 2. The molecule has 2 aromatic rings. The SMILES string of the molecule is CCCNC(=O)[C@H](C)NC(=O)C1=NN(c2ccccc2)[C@H](c2ccccc2)C1. The van der Waals surface area contributed by atoms with Crippen molar-refractivity contribution in [3.63, 3.8) is 0 Å². The van der Waals surface area contributed by atoms with E-state index >= 15 is 0 Å². The number of benzene rings is 2. The van der Waals surface area contributed by atoms with E-state index in [9.17, 15) is 9.59 Å². The highest BCUT2D eigenvalue weighted by molar-refractivity contribution is 6.40. The first-order chi connectivity index (χ1) is 13.6. The van der Waals surface area contributed by atoms with Crippen molar-refractivity contribution < 1.29 is 9.59 Å². The maximum atomic E-state index is 12.7. The van der Waals surface area contributed by atoms with Crippen LogP contribution < -0.4 is 15.6 Å². The van der Waals surface area contributed by atoms with E-state index in [1.54, 1.807) is 6.92 Å². The van der Waals surface area contributed by atoms with Crippen molar-refractivity contribution in [1.29, 1.82) is 0 Å². The van der Waals surface area contributed by atoms with Crippen LogP contribution in [0.1, 0.15) is 38.3 Å². The molecule has 0 spiro atoms. The van der Waals surface area contributed by atoms with Gasteiger partial charge in [-0.3, -0.25) is 14.6 Å². The zero-order chi connectivity index (χ0) is 19.9. The quantitative estimate of drug-likeness (QED) is 0.778. The fourth-order valence-electron chi connectivity index (χ4n) is 3.15. The van der Waals surface area contributed by atoms with Crippen LogP contribution in [0.3, 0.4) is 0 Å². The van der Waals surface area contributed by atoms with Crippen LogP contribution in [-0.4, -0.2) is 30.1 Å². The summed E-state index contributed by atoms with van der Waals surface area (Å²) in [6, 6.07) is 19.1. The smallest absolute Gasteiger partial charge is 0.268 e.